The van der Waals surface area contributed by atoms with E-state index in [4.69, 9.17) is 11.6 Å². The van der Waals surface area contributed by atoms with Gasteiger partial charge in [-0.2, -0.15) is 0 Å². The van der Waals surface area contributed by atoms with Gasteiger partial charge in [-0.25, -0.2) is 0 Å². The van der Waals surface area contributed by atoms with Gasteiger partial charge in [0, 0.05) is 23.3 Å². The Balaban J connectivity index is 2.10. The summed E-state index contributed by atoms with van der Waals surface area (Å²) in [5.41, 5.74) is 2.14. The minimum Gasteiger partial charge on any atom is -0.389 e. The van der Waals surface area contributed by atoms with Crippen LogP contribution in [-0.4, -0.2) is 29.4 Å². The van der Waals surface area contributed by atoms with Crippen LogP contribution in [0.2, 0.25) is 5.02 Å². The Bertz CT molecular complexity index is 751. The Labute approximate surface area is 135 Å². The Morgan fingerprint density at radius 2 is 1.82 bits per heavy atom. The Hall–Kier alpha value is -1.81. The van der Waals surface area contributed by atoms with E-state index in [0.29, 0.717) is 11.6 Å². The number of rotatable bonds is 5. The van der Waals surface area contributed by atoms with Crippen molar-refractivity contribution in [3.05, 3.63) is 71.4 Å². The second-order valence-electron chi connectivity index (χ2n) is 5.40. The van der Waals surface area contributed by atoms with E-state index in [9.17, 15) is 5.11 Å². The highest BCUT2D eigenvalue weighted by Crippen LogP contribution is 2.28. The predicted molar refractivity (Wildman–Crippen MR) is 91.5 cm³/mol. The molecule has 2 aromatic carbocycles. The number of aromatic nitrogens is 1. The van der Waals surface area contributed by atoms with Gasteiger partial charge >= 0.3 is 0 Å². The fraction of sp³-hybridized carbons (Fsp3) is 0.222. The molecule has 3 rings (SSSR count). The molecule has 0 saturated heterocycles. The molecule has 2 atom stereocenters. The van der Waals surface area contributed by atoms with Crippen LogP contribution in [0.4, 0.5) is 0 Å². The van der Waals surface area contributed by atoms with Crippen molar-refractivity contribution in [2.24, 2.45) is 0 Å². The SMILES string of the molecule is CNCC(O)C(c1ccc(Cl)cc1)n1ccc2ccccc21. The normalized spacial score (nSPS) is 14.1. The Morgan fingerprint density at radius 3 is 2.55 bits per heavy atom. The lowest BCUT2D eigenvalue weighted by atomic mass is 10.0. The van der Waals surface area contributed by atoms with Crippen LogP contribution in [0.5, 0.6) is 0 Å². The highest BCUT2D eigenvalue weighted by molar-refractivity contribution is 6.30. The fourth-order valence-electron chi connectivity index (χ4n) is 2.90. The molecule has 0 amide bonds. The first-order valence-corrected chi connectivity index (χ1v) is 7.72. The first-order chi connectivity index (χ1) is 10.7. The molecular formula is C18H19ClN2O. The molecule has 4 heteroatoms. The van der Waals surface area contributed by atoms with E-state index in [2.05, 4.69) is 28.1 Å². The van der Waals surface area contributed by atoms with Crippen LogP contribution in [0.3, 0.4) is 0 Å². The average molecular weight is 315 g/mol. The lowest BCUT2D eigenvalue weighted by molar-refractivity contribution is 0.132. The summed E-state index contributed by atoms with van der Waals surface area (Å²) in [7, 11) is 1.84. The number of hydrogen-bond acceptors (Lipinski definition) is 2. The smallest absolute Gasteiger partial charge is 0.0912 e. The van der Waals surface area contributed by atoms with Crippen molar-refractivity contribution in [2.75, 3.05) is 13.6 Å². The summed E-state index contributed by atoms with van der Waals surface area (Å²) >= 11 is 6.00. The molecule has 3 nitrogen and oxygen atoms in total. The summed E-state index contributed by atoms with van der Waals surface area (Å²) in [6.45, 7) is 0.514. The number of nitrogens with zero attached hydrogens (tertiary/aromatic N) is 1. The number of aliphatic hydroxyl groups excluding tert-OH is 1. The molecule has 22 heavy (non-hydrogen) atoms. The maximum Gasteiger partial charge on any atom is 0.0912 e. The maximum atomic E-state index is 10.6. The lowest BCUT2D eigenvalue weighted by Gasteiger charge is -2.26. The van der Waals surface area contributed by atoms with Crippen molar-refractivity contribution < 1.29 is 5.11 Å². The van der Waals surface area contributed by atoms with Gasteiger partial charge in [0.2, 0.25) is 0 Å². The van der Waals surface area contributed by atoms with Crippen molar-refractivity contribution in [1.82, 2.24) is 9.88 Å². The molecule has 2 N–H and O–H groups in total. The van der Waals surface area contributed by atoms with Crippen LogP contribution < -0.4 is 5.32 Å². The summed E-state index contributed by atoms with van der Waals surface area (Å²) < 4.78 is 2.13. The number of hydrogen-bond donors (Lipinski definition) is 2. The predicted octanol–water partition coefficient (Wildman–Crippen LogP) is 3.46. The van der Waals surface area contributed by atoms with Crippen LogP contribution in [-0.2, 0) is 0 Å². The number of fused-ring (bicyclic) bond motifs is 1. The van der Waals surface area contributed by atoms with Crippen LogP contribution in [0.1, 0.15) is 11.6 Å². The quantitative estimate of drug-likeness (QED) is 0.756. The molecule has 0 aliphatic heterocycles. The van der Waals surface area contributed by atoms with E-state index >= 15 is 0 Å². The van der Waals surface area contributed by atoms with E-state index in [1.807, 2.05) is 49.6 Å². The summed E-state index contributed by atoms with van der Waals surface area (Å²) in [5, 5.41) is 15.6. The average Bonchev–Trinajstić information content (AvgIpc) is 2.94. The minimum atomic E-state index is -0.540. The molecule has 0 aliphatic carbocycles. The zero-order valence-corrected chi connectivity index (χ0v) is 13.2. The van der Waals surface area contributed by atoms with E-state index in [0.717, 1.165) is 16.5 Å². The van der Waals surface area contributed by atoms with Gasteiger partial charge in [-0.1, -0.05) is 41.9 Å². The number of halogens is 1. The van der Waals surface area contributed by atoms with Gasteiger partial charge < -0.3 is 15.0 Å². The van der Waals surface area contributed by atoms with Gasteiger partial charge in [0.15, 0.2) is 0 Å². The third-order valence-corrected chi connectivity index (χ3v) is 4.17. The molecule has 0 fully saturated rings. The maximum absolute atomic E-state index is 10.6. The van der Waals surface area contributed by atoms with Crippen molar-refractivity contribution in [1.29, 1.82) is 0 Å². The molecule has 0 spiro atoms. The van der Waals surface area contributed by atoms with Gasteiger partial charge in [0.1, 0.15) is 0 Å². The molecule has 0 saturated carbocycles. The highest BCUT2D eigenvalue weighted by Gasteiger charge is 2.23. The molecule has 0 radical (unpaired) electrons. The monoisotopic (exact) mass is 314 g/mol. The molecule has 2 unspecified atom stereocenters. The molecule has 0 aliphatic rings. The summed E-state index contributed by atoms with van der Waals surface area (Å²) in [6.07, 6.45) is 1.49. The summed E-state index contributed by atoms with van der Waals surface area (Å²) in [4.78, 5) is 0. The summed E-state index contributed by atoms with van der Waals surface area (Å²) in [5.74, 6) is 0. The Morgan fingerprint density at radius 1 is 1.09 bits per heavy atom. The van der Waals surface area contributed by atoms with Crippen molar-refractivity contribution in [3.63, 3.8) is 0 Å². The van der Waals surface area contributed by atoms with Crippen LogP contribution in [0.25, 0.3) is 10.9 Å². The van der Waals surface area contributed by atoms with Gasteiger partial charge in [0.05, 0.1) is 12.1 Å². The van der Waals surface area contributed by atoms with Crippen LogP contribution >= 0.6 is 11.6 Å². The first kappa shape index (κ1) is 15.1. The summed E-state index contributed by atoms with van der Waals surface area (Å²) in [6, 6.07) is 17.8. The third-order valence-electron chi connectivity index (χ3n) is 3.92. The minimum absolute atomic E-state index is 0.162. The largest absolute Gasteiger partial charge is 0.389 e. The van der Waals surface area contributed by atoms with Gasteiger partial charge in [-0.05, 0) is 42.3 Å². The zero-order valence-electron chi connectivity index (χ0n) is 12.4. The number of nitrogens with one attached hydrogen (secondary N) is 1. The topological polar surface area (TPSA) is 37.2 Å². The van der Waals surface area contributed by atoms with E-state index < -0.39 is 6.10 Å². The van der Waals surface area contributed by atoms with Crippen molar-refractivity contribution in [2.45, 2.75) is 12.1 Å². The molecule has 1 heterocycles. The number of para-hydroxylation sites is 1. The first-order valence-electron chi connectivity index (χ1n) is 7.34. The van der Waals surface area contributed by atoms with Gasteiger partial charge in [0.25, 0.3) is 0 Å². The van der Waals surface area contributed by atoms with Crippen molar-refractivity contribution >= 4 is 22.5 Å². The molecule has 3 aromatic rings. The second kappa shape index (κ2) is 6.53. The third kappa shape index (κ3) is 2.88. The van der Waals surface area contributed by atoms with Gasteiger partial charge in [-0.3, -0.25) is 0 Å². The number of likely N-dealkylation sites (N-methyl/N-ethyl adjacent to an activating group) is 1. The van der Waals surface area contributed by atoms with E-state index in [1.165, 1.54) is 0 Å². The standard InChI is InChI=1S/C18H19ClN2O/c1-20-12-17(22)18(14-6-8-15(19)9-7-14)21-11-10-13-4-2-3-5-16(13)21/h2-11,17-18,20,22H,12H2,1H3. The van der Waals surface area contributed by atoms with E-state index in [-0.39, 0.29) is 6.04 Å². The second-order valence-corrected chi connectivity index (χ2v) is 5.84. The lowest BCUT2D eigenvalue weighted by Crippen LogP contribution is -2.33. The molecule has 1 aromatic heterocycles. The van der Waals surface area contributed by atoms with Crippen molar-refractivity contribution in [3.8, 4) is 0 Å². The van der Waals surface area contributed by atoms with Gasteiger partial charge in [-0.15, -0.1) is 0 Å². The van der Waals surface area contributed by atoms with E-state index in [1.54, 1.807) is 0 Å². The molecular weight excluding hydrogens is 296 g/mol. The van der Waals surface area contributed by atoms with Crippen LogP contribution in [0.15, 0.2) is 60.8 Å². The Kier molecular flexibility index (Phi) is 4.48. The molecule has 114 valence electrons. The molecule has 0 bridgehead atoms. The number of aliphatic hydroxyl groups is 1. The number of benzene rings is 2. The fourth-order valence-corrected chi connectivity index (χ4v) is 3.02. The zero-order chi connectivity index (χ0) is 15.5. The van der Waals surface area contributed by atoms with Crippen LogP contribution in [0, 0.1) is 0 Å². The highest BCUT2D eigenvalue weighted by atomic mass is 35.5.